The molecule has 0 aliphatic carbocycles. The van der Waals surface area contributed by atoms with E-state index in [9.17, 15) is 4.79 Å². The predicted molar refractivity (Wildman–Crippen MR) is 62.3 cm³/mol. The summed E-state index contributed by atoms with van der Waals surface area (Å²) in [4.78, 5) is 12.4. The van der Waals surface area contributed by atoms with E-state index in [1.807, 2.05) is 24.4 Å². The summed E-state index contributed by atoms with van der Waals surface area (Å²) in [5.74, 6) is 0.705. The minimum atomic E-state index is 0.190. The molecule has 0 saturated heterocycles. The SMILES string of the molecule is CC(CCO)SCC(=O)c1cccs1. The Morgan fingerprint density at radius 2 is 2.50 bits per heavy atom. The van der Waals surface area contributed by atoms with E-state index in [-0.39, 0.29) is 12.4 Å². The molecule has 0 aliphatic rings. The van der Waals surface area contributed by atoms with Crippen molar-refractivity contribution in [2.45, 2.75) is 18.6 Å². The van der Waals surface area contributed by atoms with Crippen LogP contribution in [0.4, 0.5) is 0 Å². The normalized spacial score (nSPS) is 12.7. The fraction of sp³-hybridized carbons (Fsp3) is 0.500. The van der Waals surface area contributed by atoms with Crippen LogP contribution in [0.15, 0.2) is 17.5 Å². The van der Waals surface area contributed by atoms with Crippen LogP contribution in [0, 0.1) is 0 Å². The molecular weight excluding hydrogens is 216 g/mol. The Labute approximate surface area is 92.3 Å². The van der Waals surface area contributed by atoms with Crippen molar-refractivity contribution in [2.24, 2.45) is 0 Å². The number of hydrogen-bond acceptors (Lipinski definition) is 4. The Morgan fingerprint density at radius 3 is 3.07 bits per heavy atom. The second kappa shape index (κ2) is 6.22. The summed E-state index contributed by atoms with van der Waals surface area (Å²) in [5, 5.41) is 11.0. The van der Waals surface area contributed by atoms with Gasteiger partial charge in [0.25, 0.3) is 0 Å². The van der Waals surface area contributed by atoms with Gasteiger partial charge < -0.3 is 5.11 Å². The molecule has 14 heavy (non-hydrogen) atoms. The lowest BCUT2D eigenvalue weighted by molar-refractivity contribution is 0.102. The van der Waals surface area contributed by atoms with Gasteiger partial charge in [0.15, 0.2) is 5.78 Å². The fourth-order valence-electron chi connectivity index (χ4n) is 0.991. The number of carbonyl (C=O) groups excluding carboxylic acids is 1. The highest BCUT2D eigenvalue weighted by Gasteiger charge is 2.09. The molecule has 0 radical (unpaired) electrons. The Bertz CT molecular complexity index is 270. The molecule has 0 aliphatic heterocycles. The first-order valence-electron chi connectivity index (χ1n) is 4.53. The largest absolute Gasteiger partial charge is 0.396 e. The van der Waals surface area contributed by atoms with Crippen molar-refractivity contribution in [3.05, 3.63) is 22.4 Å². The second-order valence-corrected chi connectivity index (χ2v) is 5.41. The van der Waals surface area contributed by atoms with Gasteiger partial charge in [0.1, 0.15) is 0 Å². The minimum absolute atomic E-state index is 0.190. The zero-order valence-corrected chi connectivity index (χ0v) is 9.74. The predicted octanol–water partition coefficient (Wildman–Crippen LogP) is 2.43. The smallest absolute Gasteiger partial charge is 0.182 e. The number of carbonyl (C=O) groups is 1. The van der Waals surface area contributed by atoms with Crippen molar-refractivity contribution in [3.63, 3.8) is 0 Å². The standard InChI is InChI=1S/C10H14O2S2/c1-8(4-5-11)14-7-9(12)10-3-2-6-13-10/h2-3,6,8,11H,4-5,7H2,1H3. The quantitative estimate of drug-likeness (QED) is 0.763. The molecular formula is C10H14O2S2. The van der Waals surface area contributed by atoms with Crippen molar-refractivity contribution in [1.29, 1.82) is 0 Å². The highest BCUT2D eigenvalue weighted by Crippen LogP contribution is 2.17. The van der Waals surface area contributed by atoms with Crippen LogP contribution in [0.1, 0.15) is 23.0 Å². The van der Waals surface area contributed by atoms with Gasteiger partial charge in [-0.25, -0.2) is 0 Å². The minimum Gasteiger partial charge on any atom is -0.396 e. The summed E-state index contributed by atoms with van der Waals surface area (Å²) >= 11 is 3.09. The Morgan fingerprint density at radius 1 is 1.71 bits per heavy atom. The van der Waals surface area contributed by atoms with Crippen molar-refractivity contribution in [1.82, 2.24) is 0 Å². The van der Waals surface area contributed by atoms with Gasteiger partial charge in [-0.2, -0.15) is 11.8 Å². The van der Waals surface area contributed by atoms with E-state index < -0.39 is 0 Å². The van der Waals surface area contributed by atoms with Gasteiger partial charge in [-0.05, 0) is 17.9 Å². The summed E-state index contributed by atoms with van der Waals surface area (Å²) < 4.78 is 0. The third kappa shape index (κ3) is 3.82. The van der Waals surface area contributed by atoms with E-state index in [0.717, 1.165) is 11.3 Å². The molecule has 1 atom stereocenters. The molecule has 4 heteroatoms. The number of Topliss-reactive ketones (excluding diaryl/α,β-unsaturated/α-hetero) is 1. The maximum atomic E-state index is 11.5. The Kier molecular flexibility index (Phi) is 5.22. The van der Waals surface area contributed by atoms with E-state index in [2.05, 4.69) is 0 Å². The summed E-state index contributed by atoms with van der Waals surface area (Å²) in [7, 11) is 0. The Hall–Kier alpha value is -0.320. The van der Waals surface area contributed by atoms with Crippen molar-refractivity contribution in [2.75, 3.05) is 12.4 Å². The first-order chi connectivity index (χ1) is 6.74. The molecule has 0 fully saturated rings. The van der Waals surface area contributed by atoms with Gasteiger partial charge in [-0.15, -0.1) is 11.3 Å². The number of ketones is 1. The zero-order valence-electron chi connectivity index (χ0n) is 8.10. The van der Waals surface area contributed by atoms with Crippen LogP contribution in [0.2, 0.25) is 0 Å². The average Bonchev–Trinajstić information content (AvgIpc) is 2.67. The van der Waals surface area contributed by atoms with Crippen LogP contribution >= 0.6 is 23.1 Å². The number of aliphatic hydroxyl groups excluding tert-OH is 1. The lowest BCUT2D eigenvalue weighted by Gasteiger charge is -2.07. The van der Waals surface area contributed by atoms with E-state index in [1.54, 1.807) is 11.8 Å². The fourth-order valence-corrected chi connectivity index (χ4v) is 2.61. The maximum absolute atomic E-state index is 11.5. The molecule has 1 heterocycles. The van der Waals surface area contributed by atoms with E-state index in [0.29, 0.717) is 11.0 Å². The first kappa shape index (κ1) is 11.8. The summed E-state index contributed by atoms with van der Waals surface area (Å²) in [6, 6.07) is 3.74. The van der Waals surface area contributed by atoms with Crippen LogP contribution in [0.25, 0.3) is 0 Å². The Balaban J connectivity index is 2.28. The third-order valence-corrected chi connectivity index (χ3v) is 3.98. The van der Waals surface area contributed by atoms with E-state index in [1.165, 1.54) is 11.3 Å². The lowest BCUT2D eigenvalue weighted by Crippen LogP contribution is -2.06. The number of hydrogen-bond donors (Lipinski definition) is 1. The van der Waals surface area contributed by atoms with Gasteiger partial charge in [-0.3, -0.25) is 4.79 Å². The highest BCUT2D eigenvalue weighted by atomic mass is 32.2. The van der Waals surface area contributed by atoms with Crippen LogP contribution in [0.5, 0.6) is 0 Å². The first-order valence-corrected chi connectivity index (χ1v) is 6.46. The molecule has 1 unspecified atom stereocenters. The maximum Gasteiger partial charge on any atom is 0.182 e. The van der Waals surface area contributed by atoms with Gasteiger partial charge in [0, 0.05) is 11.9 Å². The van der Waals surface area contributed by atoms with Crippen molar-refractivity contribution >= 4 is 28.9 Å². The monoisotopic (exact) mass is 230 g/mol. The van der Waals surface area contributed by atoms with E-state index >= 15 is 0 Å². The second-order valence-electron chi connectivity index (χ2n) is 3.03. The van der Waals surface area contributed by atoms with Gasteiger partial charge in [0.05, 0.1) is 10.6 Å². The van der Waals surface area contributed by atoms with Gasteiger partial charge in [0.2, 0.25) is 0 Å². The van der Waals surface area contributed by atoms with Gasteiger partial charge >= 0.3 is 0 Å². The molecule has 1 rings (SSSR count). The molecule has 0 saturated carbocycles. The summed E-state index contributed by atoms with van der Waals surface area (Å²) in [5.41, 5.74) is 0. The molecule has 2 nitrogen and oxygen atoms in total. The van der Waals surface area contributed by atoms with Crippen molar-refractivity contribution < 1.29 is 9.90 Å². The van der Waals surface area contributed by atoms with Crippen LogP contribution < -0.4 is 0 Å². The summed E-state index contributed by atoms with van der Waals surface area (Å²) in [6.45, 7) is 2.23. The number of thioether (sulfide) groups is 1. The third-order valence-electron chi connectivity index (χ3n) is 1.83. The number of rotatable bonds is 6. The zero-order chi connectivity index (χ0) is 10.4. The molecule has 1 N–H and O–H groups in total. The van der Waals surface area contributed by atoms with Crippen LogP contribution in [-0.4, -0.2) is 28.5 Å². The number of aliphatic hydroxyl groups is 1. The van der Waals surface area contributed by atoms with Gasteiger partial charge in [-0.1, -0.05) is 13.0 Å². The van der Waals surface area contributed by atoms with Crippen LogP contribution in [-0.2, 0) is 0 Å². The van der Waals surface area contributed by atoms with Crippen molar-refractivity contribution in [3.8, 4) is 0 Å². The molecule has 0 spiro atoms. The summed E-state index contributed by atoms with van der Waals surface area (Å²) in [6.07, 6.45) is 0.752. The highest BCUT2D eigenvalue weighted by molar-refractivity contribution is 8.00. The molecule has 1 aromatic rings. The molecule has 0 bridgehead atoms. The molecule has 1 aromatic heterocycles. The average molecular weight is 230 g/mol. The lowest BCUT2D eigenvalue weighted by atomic mass is 10.3. The molecule has 0 amide bonds. The topological polar surface area (TPSA) is 37.3 Å². The molecule has 0 aromatic carbocycles. The van der Waals surface area contributed by atoms with Crippen LogP contribution in [0.3, 0.4) is 0 Å². The molecule has 78 valence electrons. The van der Waals surface area contributed by atoms with E-state index in [4.69, 9.17) is 5.11 Å². The number of thiophene rings is 1.